The minimum absolute atomic E-state index is 0.118. The van der Waals surface area contributed by atoms with Crippen LogP contribution in [0, 0.1) is 0 Å². The smallest absolute Gasteiger partial charge is 0.272 e. The summed E-state index contributed by atoms with van der Waals surface area (Å²) in [5.41, 5.74) is 7.22. The summed E-state index contributed by atoms with van der Waals surface area (Å²) in [7, 11) is 0. The van der Waals surface area contributed by atoms with Gasteiger partial charge in [-0.1, -0.05) is 23.2 Å². The fraction of sp³-hybridized carbons (Fsp3) is 0.214. The number of nitrogen functional groups attached to an aromatic ring is 1. The molecule has 0 spiro atoms. The second kappa shape index (κ2) is 6.30. The molecule has 3 N–H and O–H groups in total. The minimum Gasteiger partial charge on any atom is -0.397 e. The lowest BCUT2D eigenvalue weighted by molar-refractivity contribution is 0.101. The van der Waals surface area contributed by atoms with Crippen molar-refractivity contribution < 1.29 is 4.79 Å². The van der Waals surface area contributed by atoms with Crippen molar-refractivity contribution in [2.24, 2.45) is 0 Å². The fourth-order valence-corrected chi connectivity index (χ4v) is 2.74. The number of nitrogens with one attached hydrogen (secondary N) is 1. The summed E-state index contributed by atoms with van der Waals surface area (Å²) < 4.78 is 2.47. The van der Waals surface area contributed by atoms with Crippen molar-refractivity contribution in [1.29, 1.82) is 0 Å². The van der Waals surface area contributed by atoms with Crippen LogP contribution < -0.4 is 11.1 Å². The molecule has 0 aliphatic heterocycles. The number of hydrogen-bond acceptors (Lipinski definition) is 2. The minimum atomic E-state index is -0.291. The molecule has 0 saturated heterocycles. The Morgan fingerprint density at radius 1 is 1.33 bits per heavy atom. The molecule has 4 nitrogen and oxygen atoms in total. The van der Waals surface area contributed by atoms with Gasteiger partial charge in [-0.15, -0.1) is 0 Å². The maximum absolute atomic E-state index is 12.4. The molecule has 1 aromatic heterocycles. The highest BCUT2D eigenvalue weighted by Crippen LogP contribution is 2.36. The van der Waals surface area contributed by atoms with E-state index in [2.05, 4.69) is 21.2 Å². The van der Waals surface area contributed by atoms with Gasteiger partial charge in [-0.3, -0.25) is 4.79 Å². The summed E-state index contributed by atoms with van der Waals surface area (Å²) in [5.74, 6) is -0.291. The van der Waals surface area contributed by atoms with Crippen LogP contribution in [0.25, 0.3) is 0 Å². The maximum Gasteiger partial charge on any atom is 0.272 e. The molecule has 112 valence electrons. The van der Waals surface area contributed by atoms with Crippen molar-refractivity contribution >= 4 is 56.4 Å². The number of carbonyl (C=O) groups excluding carboxylic acids is 1. The molecule has 2 aromatic rings. The van der Waals surface area contributed by atoms with E-state index in [-0.39, 0.29) is 17.0 Å². The van der Waals surface area contributed by atoms with E-state index in [0.717, 1.165) is 0 Å². The van der Waals surface area contributed by atoms with Gasteiger partial charge in [0.1, 0.15) is 5.69 Å². The van der Waals surface area contributed by atoms with Crippen LogP contribution >= 0.6 is 39.1 Å². The van der Waals surface area contributed by atoms with Crippen molar-refractivity contribution in [2.45, 2.75) is 19.9 Å². The van der Waals surface area contributed by atoms with Gasteiger partial charge in [0, 0.05) is 16.7 Å². The van der Waals surface area contributed by atoms with Crippen LogP contribution in [0.1, 0.15) is 30.4 Å². The molecular weight excluding hydrogens is 377 g/mol. The van der Waals surface area contributed by atoms with E-state index >= 15 is 0 Å². The van der Waals surface area contributed by atoms with Gasteiger partial charge in [-0.25, -0.2) is 0 Å². The maximum atomic E-state index is 12.4. The summed E-state index contributed by atoms with van der Waals surface area (Å²) in [5, 5.41) is 3.39. The van der Waals surface area contributed by atoms with Crippen LogP contribution in [0.15, 0.2) is 28.9 Å². The molecule has 1 amide bonds. The highest BCUT2D eigenvalue weighted by molar-refractivity contribution is 9.10. The first-order chi connectivity index (χ1) is 9.81. The molecule has 0 unspecified atom stereocenters. The average molecular weight is 391 g/mol. The Labute approximate surface area is 141 Å². The molecular formula is C14H14BrCl2N3O. The number of benzene rings is 1. The molecule has 1 heterocycles. The number of amides is 1. The first-order valence-corrected chi connectivity index (χ1v) is 7.78. The van der Waals surface area contributed by atoms with Gasteiger partial charge in [-0.05, 0) is 48.0 Å². The fourth-order valence-electron chi connectivity index (χ4n) is 1.92. The van der Waals surface area contributed by atoms with Crippen LogP contribution in [-0.4, -0.2) is 10.5 Å². The van der Waals surface area contributed by atoms with Crippen LogP contribution in [0.4, 0.5) is 11.4 Å². The number of nitrogens with two attached hydrogens (primary N) is 1. The lowest BCUT2D eigenvalue weighted by atomic mass is 10.3. The largest absolute Gasteiger partial charge is 0.397 e. The first-order valence-electron chi connectivity index (χ1n) is 6.23. The Bertz CT molecular complexity index is 698. The molecule has 0 aliphatic carbocycles. The summed E-state index contributed by atoms with van der Waals surface area (Å²) in [6, 6.07) is 5.15. The van der Waals surface area contributed by atoms with Crippen LogP contribution in [0.2, 0.25) is 10.0 Å². The summed E-state index contributed by atoms with van der Waals surface area (Å²) >= 11 is 15.4. The molecule has 1 aromatic carbocycles. The third-order valence-electron chi connectivity index (χ3n) is 2.94. The molecule has 0 fully saturated rings. The zero-order valence-corrected chi connectivity index (χ0v) is 14.6. The van der Waals surface area contributed by atoms with Gasteiger partial charge in [0.15, 0.2) is 0 Å². The number of rotatable bonds is 3. The monoisotopic (exact) mass is 389 g/mol. The lowest BCUT2D eigenvalue weighted by Crippen LogP contribution is -2.18. The molecule has 0 radical (unpaired) electrons. The number of anilines is 2. The molecule has 2 rings (SSSR count). The van der Waals surface area contributed by atoms with Crippen molar-refractivity contribution in [1.82, 2.24) is 4.57 Å². The summed E-state index contributed by atoms with van der Waals surface area (Å²) in [6.45, 7) is 3.94. The Balaban J connectivity index is 2.33. The lowest BCUT2D eigenvalue weighted by Gasteiger charge is -2.13. The number of nitrogens with zero attached hydrogens (tertiary/aromatic N) is 1. The Hall–Kier alpha value is -1.17. The van der Waals surface area contributed by atoms with E-state index in [9.17, 15) is 4.79 Å². The third kappa shape index (κ3) is 3.36. The van der Waals surface area contributed by atoms with Crippen molar-refractivity contribution in [3.8, 4) is 0 Å². The molecule has 0 atom stereocenters. The van der Waals surface area contributed by atoms with Crippen LogP contribution in [-0.2, 0) is 0 Å². The van der Waals surface area contributed by atoms with Crippen molar-refractivity contribution in [3.05, 3.63) is 44.6 Å². The first kappa shape index (κ1) is 16.2. The number of aromatic nitrogens is 1. The van der Waals surface area contributed by atoms with Crippen LogP contribution in [0.5, 0.6) is 0 Å². The van der Waals surface area contributed by atoms with E-state index < -0.39 is 0 Å². The zero-order chi connectivity index (χ0) is 15.7. The summed E-state index contributed by atoms with van der Waals surface area (Å²) in [6.07, 6.45) is 1.73. The highest BCUT2D eigenvalue weighted by Gasteiger charge is 2.17. The van der Waals surface area contributed by atoms with Gasteiger partial charge in [0.25, 0.3) is 5.91 Å². The van der Waals surface area contributed by atoms with E-state index in [1.807, 2.05) is 13.8 Å². The Morgan fingerprint density at radius 2 is 2.00 bits per heavy atom. The number of hydrogen-bond donors (Lipinski definition) is 2. The molecule has 0 aliphatic rings. The van der Waals surface area contributed by atoms with Crippen molar-refractivity contribution in [2.75, 3.05) is 11.1 Å². The molecule has 0 bridgehead atoms. The predicted octanol–water partition coefficient (Wildman–Crippen LogP) is 4.97. The van der Waals surface area contributed by atoms with Crippen LogP contribution in [0.3, 0.4) is 0 Å². The van der Waals surface area contributed by atoms with E-state index in [4.69, 9.17) is 28.9 Å². The van der Waals surface area contributed by atoms with Gasteiger partial charge >= 0.3 is 0 Å². The van der Waals surface area contributed by atoms with Gasteiger partial charge in [0.05, 0.1) is 21.4 Å². The number of halogens is 3. The Kier molecular flexibility index (Phi) is 4.86. The Morgan fingerprint density at radius 3 is 2.62 bits per heavy atom. The average Bonchev–Trinajstić information content (AvgIpc) is 2.82. The third-order valence-corrected chi connectivity index (χ3v) is 4.71. The summed E-state index contributed by atoms with van der Waals surface area (Å²) in [4.78, 5) is 12.4. The van der Waals surface area contributed by atoms with E-state index in [0.29, 0.717) is 26.6 Å². The SMILES string of the molecule is CC(C)n1cc(N)cc1C(=O)Nc1ccc(Br)c(Cl)c1Cl. The van der Waals surface area contributed by atoms with E-state index in [1.54, 1.807) is 29.0 Å². The normalized spacial score (nSPS) is 11.0. The topological polar surface area (TPSA) is 60.0 Å². The quantitative estimate of drug-likeness (QED) is 0.726. The van der Waals surface area contributed by atoms with Gasteiger partial charge in [-0.2, -0.15) is 0 Å². The van der Waals surface area contributed by atoms with E-state index in [1.165, 1.54) is 0 Å². The molecule has 7 heteroatoms. The molecule has 21 heavy (non-hydrogen) atoms. The number of carbonyl (C=O) groups is 1. The zero-order valence-electron chi connectivity index (χ0n) is 11.5. The standard InChI is InChI=1S/C14H14BrCl2N3O/c1-7(2)20-6-8(18)5-11(20)14(21)19-10-4-3-9(15)12(16)13(10)17/h3-7H,18H2,1-2H3,(H,19,21). The second-order valence-electron chi connectivity index (χ2n) is 4.84. The van der Waals surface area contributed by atoms with Gasteiger partial charge in [0.2, 0.25) is 0 Å². The predicted molar refractivity (Wildman–Crippen MR) is 91.3 cm³/mol. The van der Waals surface area contributed by atoms with Crippen molar-refractivity contribution in [3.63, 3.8) is 0 Å². The highest BCUT2D eigenvalue weighted by atomic mass is 79.9. The van der Waals surface area contributed by atoms with Gasteiger partial charge < -0.3 is 15.6 Å². The molecule has 0 saturated carbocycles. The second-order valence-corrected chi connectivity index (χ2v) is 6.45.